The molecule has 0 amide bonds. The van der Waals surface area contributed by atoms with Gasteiger partial charge in [-0.15, -0.1) is 0 Å². The van der Waals surface area contributed by atoms with E-state index in [-0.39, 0.29) is 23.3 Å². The molecule has 11 rings (SSSR count). The molecule has 0 heterocycles. The highest BCUT2D eigenvalue weighted by molar-refractivity contribution is 6.90. The monoisotopic (exact) mass is 1290 g/mol. The maximum Gasteiger partial charge on any atom is 0.131 e. The number of benzene rings is 10. The van der Waals surface area contributed by atoms with Gasteiger partial charge >= 0.3 is 0 Å². The Bertz CT molecular complexity index is 4180. The topological polar surface area (TPSA) is 58.9 Å². The summed E-state index contributed by atoms with van der Waals surface area (Å²) in [5, 5.41) is 30.7. The van der Waals surface area contributed by atoms with Crippen LogP contribution in [-0.2, 0) is 0 Å². The van der Waals surface area contributed by atoms with Crippen LogP contribution >= 0.6 is 0 Å². The highest BCUT2D eigenvalue weighted by atomic mass is 28.3. The maximum atomic E-state index is 15.9. The van der Waals surface area contributed by atoms with Crippen LogP contribution in [0.1, 0.15) is 36.8 Å². The number of halogens is 2. The quantitative estimate of drug-likeness (QED) is 0.0841. The largest absolute Gasteiger partial charge is 0.507 e. The van der Waals surface area contributed by atoms with Crippen molar-refractivity contribution in [1.82, 2.24) is 0 Å². The van der Waals surface area contributed by atoms with Crippen LogP contribution in [0.3, 0.4) is 0 Å². The number of phenolic OH excluding ortho intramolecular Hbond substituents is 2. The molecule has 10 heteroatoms. The third-order valence-electron chi connectivity index (χ3n) is 18.8. The van der Waals surface area contributed by atoms with Gasteiger partial charge in [0.1, 0.15) is 34.6 Å². The van der Waals surface area contributed by atoms with E-state index in [0.717, 1.165) is 91.7 Å². The Morgan fingerprint density at radius 2 is 0.598 bits per heavy atom. The minimum atomic E-state index is -2.09. The van der Waals surface area contributed by atoms with Gasteiger partial charge in [0.25, 0.3) is 0 Å². The third-order valence-corrected chi connectivity index (χ3v) is 27.0. The first-order chi connectivity index (χ1) is 43.5. The molecule has 1 saturated carbocycles. The van der Waals surface area contributed by atoms with E-state index in [9.17, 15) is 10.2 Å². The van der Waals surface area contributed by atoms with Crippen LogP contribution in [0.25, 0.3) is 89.0 Å². The molecule has 0 radical (unpaired) electrons. The fraction of sp³-hybridized carbons (Fsp3) is 0.268. The van der Waals surface area contributed by atoms with Crippen molar-refractivity contribution in [3.05, 3.63) is 217 Å². The van der Waals surface area contributed by atoms with Crippen LogP contribution < -0.4 is 30.2 Å². The van der Waals surface area contributed by atoms with Crippen molar-refractivity contribution in [2.45, 2.75) is 118 Å². The minimum Gasteiger partial charge on any atom is -0.507 e. The van der Waals surface area contributed by atoms with Crippen LogP contribution in [0.15, 0.2) is 194 Å². The van der Waals surface area contributed by atoms with Crippen molar-refractivity contribution in [2.24, 2.45) is 11.8 Å². The van der Waals surface area contributed by atoms with Crippen molar-refractivity contribution in [3.8, 4) is 112 Å². The van der Waals surface area contributed by atoms with E-state index in [1.807, 2.05) is 6.07 Å². The smallest absolute Gasteiger partial charge is 0.131 e. The van der Waals surface area contributed by atoms with Crippen molar-refractivity contribution in [1.29, 1.82) is 0 Å². The SMILES string of the molecule is Cc1ccc(-c2cc(-c3ccc(C)cc3)cc(-c3cc([Si](C)(C)C)cc(-c4cc(F)ccc4OC[C@@H]4CCCC[C@H]4COc4ccc(F)cc4-c4cc([Si](C)(C)C)cc(-c5cc(-c6ccc([Si](C)(C)C)cc6)cc(-c6ccc([Si](C)(C)C)cc6)c5)c4O)c3O)c2)cc1. The number of ether oxygens (including phenoxy) is 2. The third kappa shape index (κ3) is 14.8. The molecule has 0 aromatic heterocycles. The number of hydrogen-bond donors (Lipinski definition) is 2. The molecule has 92 heavy (non-hydrogen) atoms. The normalized spacial score (nSPS) is 14.7. The lowest BCUT2D eigenvalue weighted by atomic mass is 9.80. The van der Waals surface area contributed by atoms with Gasteiger partial charge in [0, 0.05) is 33.4 Å². The molecule has 10 aromatic rings. The number of rotatable bonds is 18. The first-order valence-electron chi connectivity index (χ1n) is 32.8. The molecule has 4 nitrogen and oxygen atoms in total. The summed E-state index contributed by atoms with van der Waals surface area (Å²) in [4.78, 5) is 0. The molecule has 0 spiro atoms. The minimum absolute atomic E-state index is 0.0651. The molecule has 0 bridgehead atoms. The first-order valence-corrected chi connectivity index (χ1v) is 46.8. The van der Waals surface area contributed by atoms with Gasteiger partial charge in [0.05, 0.1) is 45.5 Å². The molecule has 2 N–H and O–H groups in total. The van der Waals surface area contributed by atoms with Gasteiger partial charge in [0.15, 0.2) is 0 Å². The Labute approximate surface area is 550 Å². The summed E-state index contributed by atoms with van der Waals surface area (Å²) in [5.41, 5.74) is 16.0. The standard InChI is InChI=1S/C82H90F2O4Si4/c1-53-19-23-55(24-20-53)61-39-62(56-25-21-54(2)22-26-56)42-65(41-61)73-47-71(91(9,10)11)49-77(81(73)85)75-45-67(83)31-37-79(75)87-51-59-17-15-16-18-60(59)52-88-80-38-32-68(84)46-76(80)78-50-72(92(12,13)14)48-74(82(78)86)66-43-63(57-27-33-69(34-28-57)89(3,4)5)40-64(44-66)58-29-35-70(36-30-58)90(6,7)8/h19-50,59-60,85-86H,15-18,51-52H2,1-14H3/t59-,60-/m0/s1. The molecule has 0 unspecified atom stereocenters. The van der Waals surface area contributed by atoms with Crippen molar-refractivity contribution in [3.63, 3.8) is 0 Å². The zero-order chi connectivity index (χ0) is 65.6. The zero-order valence-electron chi connectivity index (χ0n) is 56.3. The van der Waals surface area contributed by atoms with E-state index in [0.29, 0.717) is 58.1 Å². The fourth-order valence-corrected chi connectivity index (χ4v) is 17.5. The van der Waals surface area contributed by atoms with Gasteiger partial charge < -0.3 is 19.7 Å². The van der Waals surface area contributed by atoms with Crippen molar-refractivity contribution in [2.75, 3.05) is 13.2 Å². The second-order valence-electron chi connectivity index (χ2n) is 30.0. The van der Waals surface area contributed by atoms with E-state index in [2.05, 4.69) is 244 Å². The van der Waals surface area contributed by atoms with Crippen LogP contribution in [0.4, 0.5) is 8.78 Å². The number of hydrogen-bond acceptors (Lipinski definition) is 4. The van der Waals surface area contributed by atoms with Gasteiger partial charge in [-0.1, -0.05) is 245 Å². The number of aryl methyl sites for hydroxylation is 2. The Morgan fingerprint density at radius 3 is 0.902 bits per heavy atom. The van der Waals surface area contributed by atoms with E-state index in [1.165, 1.54) is 45.8 Å². The zero-order valence-corrected chi connectivity index (χ0v) is 60.3. The van der Waals surface area contributed by atoms with E-state index in [4.69, 9.17) is 9.47 Å². The molecular formula is C82H90F2O4Si4. The molecule has 1 fully saturated rings. The lowest BCUT2D eigenvalue weighted by molar-refractivity contribution is 0.105. The van der Waals surface area contributed by atoms with Crippen LogP contribution in [0, 0.1) is 37.3 Å². The number of phenols is 2. The van der Waals surface area contributed by atoms with Gasteiger partial charge in [-0.05, 0) is 167 Å². The predicted molar refractivity (Wildman–Crippen MR) is 397 cm³/mol. The first kappa shape index (κ1) is 65.6. The Hall–Kier alpha value is -7.87. The van der Waals surface area contributed by atoms with Gasteiger partial charge in [-0.2, -0.15) is 0 Å². The summed E-state index contributed by atoms with van der Waals surface area (Å²) in [6.07, 6.45) is 3.84. The molecule has 472 valence electrons. The highest BCUT2D eigenvalue weighted by Crippen LogP contribution is 2.47. The van der Waals surface area contributed by atoms with Crippen LogP contribution in [0.2, 0.25) is 78.6 Å². The Morgan fingerprint density at radius 1 is 0.315 bits per heavy atom. The molecule has 1 aliphatic carbocycles. The summed E-state index contributed by atoms with van der Waals surface area (Å²) < 4.78 is 45.6. The highest BCUT2D eigenvalue weighted by Gasteiger charge is 2.31. The molecule has 0 aliphatic heterocycles. The van der Waals surface area contributed by atoms with Crippen molar-refractivity contribution < 1.29 is 28.5 Å². The summed E-state index contributed by atoms with van der Waals surface area (Å²) in [6.45, 7) is 32.9. The van der Waals surface area contributed by atoms with Crippen molar-refractivity contribution >= 4 is 53.0 Å². The molecule has 2 atom stereocenters. The lowest BCUT2D eigenvalue weighted by Crippen LogP contribution is -2.37. The van der Waals surface area contributed by atoms with Crippen LogP contribution in [0.5, 0.6) is 23.0 Å². The summed E-state index contributed by atoms with van der Waals surface area (Å²) in [7, 11) is -7.27. The molecular weight excluding hydrogens is 1200 g/mol. The Kier molecular flexibility index (Phi) is 18.7. The predicted octanol–water partition coefficient (Wildman–Crippen LogP) is 20.8. The maximum absolute atomic E-state index is 15.9. The molecule has 0 saturated heterocycles. The molecule has 10 aromatic carbocycles. The van der Waals surface area contributed by atoms with E-state index in [1.54, 1.807) is 12.1 Å². The van der Waals surface area contributed by atoms with Gasteiger partial charge in [-0.25, -0.2) is 8.78 Å². The lowest BCUT2D eigenvalue weighted by Gasteiger charge is -2.32. The summed E-state index contributed by atoms with van der Waals surface area (Å²) >= 11 is 0. The fourth-order valence-electron chi connectivity index (χ4n) is 12.8. The van der Waals surface area contributed by atoms with Crippen LogP contribution in [-0.4, -0.2) is 55.7 Å². The van der Waals surface area contributed by atoms with Gasteiger partial charge in [-0.3, -0.25) is 0 Å². The van der Waals surface area contributed by atoms with Gasteiger partial charge in [0.2, 0.25) is 0 Å². The average Bonchev–Trinajstić information content (AvgIpc) is 0.826. The van der Waals surface area contributed by atoms with E-state index >= 15 is 8.78 Å². The molecule has 1 aliphatic rings. The second-order valence-corrected chi connectivity index (χ2v) is 50.3. The number of aromatic hydroxyl groups is 2. The van der Waals surface area contributed by atoms with E-state index < -0.39 is 43.9 Å². The summed E-state index contributed by atoms with van der Waals surface area (Å²) in [5.74, 6) is 0.424. The Balaban J connectivity index is 0.919. The second kappa shape index (κ2) is 26.3. The average molecular weight is 1290 g/mol. The summed E-state index contributed by atoms with van der Waals surface area (Å²) in [6, 6.07) is 66.0.